The maximum Gasteiger partial charge on any atom is 0.411 e. The van der Waals surface area contributed by atoms with Crippen molar-refractivity contribution in [3.8, 4) is 0 Å². The monoisotopic (exact) mass is 492 g/mol. The normalized spacial score (nSPS) is 15.6. The molecule has 3 amide bonds. The van der Waals surface area contributed by atoms with Gasteiger partial charge in [-0.1, -0.05) is 0 Å². The van der Waals surface area contributed by atoms with Gasteiger partial charge in [0.2, 0.25) is 11.8 Å². The number of carbonyl (C=O) groups is 3. The van der Waals surface area contributed by atoms with Crippen molar-refractivity contribution in [2.45, 2.75) is 23.8 Å². The van der Waals surface area contributed by atoms with Crippen LogP contribution in [0.4, 0.5) is 20.6 Å². The molecule has 0 unspecified atom stereocenters. The first-order chi connectivity index (χ1) is 16.0. The van der Waals surface area contributed by atoms with Crippen LogP contribution in [-0.4, -0.2) is 57.7 Å². The highest BCUT2D eigenvalue weighted by molar-refractivity contribution is 7.90. The molecule has 1 aliphatic heterocycles. The molecular weight excluding hydrogens is 467 g/mol. The lowest BCUT2D eigenvalue weighted by atomic mass is 10.0. The van der Waals surface area contributed by atoms with Crippen molar-refractivity contribution in [3.63, 3.8) is 0 Å². The molecule has 0 spiro atoms. The minimum absolute atomic E-state index is 0.0424. The zero-order valence-electron chi connectivity index (χ0n) is 18.6. The van der Waals surface area contributed by atoms with Crippen LogP contribution >= 0.6 is 0 Å². The second-order valence-corrected chi connectivity index (χ2v) is 9.78. The average Bonchev–Trinajstić information content (AvgIpc) is 3.27. The summed E-state index contributed by atoms with van der Waals surface area (Å²) in [6.45, 7) is 0.0802. The lowest BCUT2D eigenvalue weighted by Gasteiger charge is -2.27. The van der Waals surface area contributed by atoms with Crippen molar-refractivity contribution >= 4 is 39.1 Å². The topological polar surface area (TPSA) is 148 Å². The lowest BCUT2D eigenvalue weighted by Crippen LogP contribution is -2.35. The molecule has 2 aromatic rings. The predicted octanol–water partition coefficient (Wildman–Crippen LogP) is 2.28. The zero-order chi connectivity index (χ0) is 25.0. The molecule has 0 radical (unpaired) electrons. The summed E-state index contributed by atoms with van der Waals surface area (Å²) in [5, 5.41) is 5.18. The Hall–Kier alpha value is -3.67. The van der Waals surface area contributed by atoms with Crippen LogP contribution in [0.15, 0.2) is 41.3 Å². The molecule has 182 valence electrons. The maximum absolute atomic E-state index is 14.1. The van der Waals surface area contributed by atoms with E-state index >= 15 is 0 Å². The summed E-state index contributed by atoms with van der Waals surface area (Å²) in [6, 6.07) is 7.28. The van der Waals surface area contributed by atoms with Crippen LogP contribution in [0.25, 0.3) is 0 Å². The Bertz CT molecular complexity index is 1230. The quantitative estimate of drug-likeness (QED) is 0.537. The number of rotatable bonds is 7. The first-order valence-electron chi connectivity index (χ1n) is 10.3. The van der Waals surface area contributed by atoms with Gasteiger partial charge in [0.05, 0.1) is 30.3 Å². The summed E-state index contributed by atoms with van der Waals surface area (Å²) in [4.78, 5) is 37.5. The molecule has 10 nitrogen and oxygen atoms in total. The van der Waals surface area contributed by atoms with Gasteiger partial charge < -0.3 is 20.7 Å². The third-order valence-electron chi connectivity index (χ3n) is 5.45. The standard InChI is InChI=1S/C22H25FN4O6S/c1-33-22(30)26-14-6-8-19(34(2,31)32)15(11-14)18-4-3-9-27(18)20(28)12-25-17-10-13(21(24)29)5-7-16(17)23/h5-8,10-11,18,25H,3-4,9,12H2,1-2H3,(H2,24,29)(H,26,30)/t18-/m1/s1. The summed E-state index contributed by atoms with van der Waals surface area (Å²) in [5.74, 6) is -1.78. The molecule has 0 bridgehead atoms. The van der Waals surface area contributed by atoms with Crippen LogP contribution in [-0.2, 0) is 19.4 Å². The number of carbonyl (C=O) groups excluding carboxylic acids is 3. The number of likely N-dealkylation sites (tertiary alicyclic amines) is 1. The summed E-state index contributed by atoms with van der Waals surface area (Å²) < 4.78 is 43.5. The zero-order valence-corrected chi connectivity index (χ0v) is 19.4. The number of primary amides is 1. The second kappa shape index (κ2) is 10.1. The van der Waals surface area contributed by atoms with E-state index in [-0.39, 0.29) is 22.7 Å². The largest absolute Gasteiger partial charge is 0.453 e. The fraction of sp³-hybridized carbons (Fsp3) is 0.318. The van der Waals surface area contributed by atoms with Gasteiger partial charge in [0.1, 0.15) is 5.82 Å². The number of nitrogens with one attached hydrogen (secondary N) is 2. The van der Waals surface area contributed by atoms with E-state index in [0.717, 1.165) is 12.3 Å². The van der Waals surface area contributed by atoms with Crippen molar-refractivity contribution in [2.24, 2.45) is 5.73 Å². The number of methoxy groups -OCH3 is 1. The predicted molar refractivity (Wildman–Crippen MR) is 123 cm³/mol. The molecule has 1 atom stereocenters. The van der Waals surface area contributed by atoms with Crippen molar-refractivity contribution in [1.29, 1.82) is 0 Å². The number of nitrogens with zero attached hydrogens (tertiary/aromatic N) is 1. The minimum atomic E-state index is -3.64. The fourth-order valence-corrected chi connectivity index (χ4v) is 4.81. The molecule has 0 saturated carbocycles. The lowest BCUT2D eigenvalue weighted by molar-refractivity contribution is -0.130. The number of benzene rings is 2. The molecule has 1 aliphatic rings. The van der Waals surface area contributed by atoms with Crippen LogP contribution in [0, 0.1) is 5.82 Å². The summed E-state index contributed by atoms with van der Waals surface area (Å²) in [6.07, 6.45) is 1.47. The van der Waals surface area contributed by atoms with Gasteiger partial charge in [0, 0.05) is 24.1 Å². The first-order valence-corrected chi connectivity index (χ1v) is 12.2. The van der Waals surface area contributed by atoms with Crippen LogP contribution in [0.5, 0.6) is 0 Å². The number of amides is 3. The Morgan fingerprint density at radius 3 is 2.59 bits per heavy atom. The van der Waals surface area contributed by atoms with Gasteiger partial charge in [0.25, 0.3) is 0 Å². The third kappa shape index (κ3) is 5.63. The third-order valence-corrected chi connectivity index (χ3v) is 6.62. The molecular formula is C22H25FN4O6S. The van der Waals surface area contributed by atoms with E-state index in [1.54, 1.807) is 0 Å². The van der Waals surface area contributed by atoms with Crippen molar-refractivity contribution in [2.75, 3.05) is 37.1 Å². The number of anilines is 2. The Kier molecular flexibility index (Phi) is 7.40. The SMILES string of the molecule is COC(=O)Nc1ccc(S(C)(=O)=O)c([C@H]2CCCN2C(=O)CNc2cc(C(N)=O)ccc2F)c1. The van der Waals surface area contributed by atoms with E-state index in [1.165, 1.54) is 42.3 Å². The van der Waals surface area contributed by atoms with Gasteiger partial charge in [-0.05, 0) is 54.8 Å². The molecule has 1 heterocycles. The maximum atomic E-state index is 14.1. The number of ether oxygens (including phenoxy) is 1. The molecule has 12 heteroatoms. The van der Waals surface area contributed by atoms with E-state index < -0.39 is 39.6 Å². The number of hydrogen-bond donors (Lipinski definition) is 3. The molecule has 4 N–H and O–H groups in total. The summed E-state index contributed by atoms with van der Waals surface area (Å²) >= 11 is 0. The summed E-state index contributed by atoms with van der Waals surface area (Å²) in [5.41, 5.74) is 5.94. The number of halogens is 1. The Morgan fingerprint density at radius 1 is 1.21 bits per heavy atom. The highest BCUT2D eigenvalue weighted by Crippen LogP contribution is 2.37. The van der Waals surface area contributed by atoms with Gasteiger partial charge in [-0.2, -0.15) is 0 Å². The first kappa shape index (κ1) is 25.0. The molecule has 1 saturated heterocycles. The van der Waals surface area contributed by atoms with Gasteiger partial charge in [-0.15, -0.1) is 0 Å². The van der Waals surface area contributed by atoms with E-state index in [1.807, 2.05) is 0 Å². The van der Waals surface area contributed by atoms with Gasteiger partial charge in [0.15, 0.2) is 9.84 Å². The van der Waals surface area contributed by atoms with E-state index in [2.05, 4.69) is 15.4 Å². The van der Waals surface area contributed by atoms with E-state index in [0.29, 0.717) is 30.6 Å². The van der Waals surface area contributed by atoms with Gasteiger partial charge in [-0.25, -0.2) is 17.6 Å². The minimum Gasteiger partial charge on any atom is -0.453 e. The van der Waals surface area contributed by atoms with Crippen molar-refractivity contribution < 1.29 is 31.9 Å². The molecule has 34 heavy (non-hydrogen) atoms. The molecule has 1 fully saturated rings. The Balaban J connectivity index is 1.86. The number of hydrogen-bond acceptors (Lipinski definition) is 7. The molecule has 0 aromatic heterocycles. The van der Waals surface area contributed by atoms with E-state index in [4.69, 9.17) is 5.73 Å². The van der Waals surface area contributed by atoms with Gasteiger partial charge in [-0.3, -0.25) is 14.9 Å². The van der Waals surface area contributed by atoms with Crippen LogP contribution in [0.3, 0.4) is 0 Å². The Labute approximate surface area is 196 Å². The van der Waals surface area contributed by atoms with Crippen LogP contribution in [0.1, 0.15) is 34.8 Å². The molecule has 0 aliphatic carbocycles. The van der Waals surface area contributed by atoms with Crippen molar-refractivity contribution in [1.82, 2.24) is 4.90 Å². The number of sulfone groups is 1. The highest BCUT2D eigenvalue weighted by Gasteiger charge is 2.33. The van der Waals surface area contributed by atoms with Crippen LogP contribution in [0.2, 0.25) is 0 Å². The number of nitrogens with two attached hydrogens (primary N) is 1. The summed E-state index contributed by atoms with van der Waals surface area (Å²) in [7, 11) is -2.43. The Morgan fingerprint density at radius 2 is 1.94 bits per heavy atom. The smallest absolute Gasteiger partial charge is 0.411 e. The highest BCUT2D eigenvalue weighted by atomic mass is 32.2. The molecule has 2 aromatic carbocycles. The molecule has 3 rings (SSSR count). The second-order valence-electron chi connectivity index (χ2n) is 7.80. The fourth-order valence-electron chi connectivity index (χ4n) is 3.87. The van der Waals surface area contributed by atoms with E-state index in [9.17, 15) is 27.2 Å². The van der Waals surface area contributed by atoms with Crippen molar-refractivity contribution in [3.05, 3.63) is 53.3 Å². The van der Waals surface area contributed by atoms with Crippen LogP contribution < -0.4 is 16.4 Å². The van der Waals surface area contributed by atoms with Gasteiger partial charge >= 0.3 is 6.09 Å². The average molecular weight is 493 g/mol.